The van der Waals surface area contributed by atoms with Gasteiger partial charge in [0, 0.05) is 25.9 Å². The van der Waals surface area contributed by atoms with Crippen LogP contribution in [0.3, 0.4) is 0 Å². The van der Waals surface area contributed by atoms with Gasteiger partial charge in [-0.1, -0.05) is 35.5 Å². The van der Waals surface area contributed by atoms with Crippen LogP contribution < -0.4 is 11.1 Å². The Labute approximate surface area is 196 Å². The summed E-state index contributed by atoms with van der Waals surface area (Å²) < 4.78 is 10.3. The van der Waals surface area contributed by atoms with Gasteiger partial charge in [-0.15, -0.1) is 0 Å². The van der Waals surface area contributed by atoms with Crippen molar-refractivity contribution < 1.29 is 24.0 Å². The number of benzene rings is 1. The summed E-state index contributed by atoms with van der Waals surface area (Å²) in [5, 5.41) is 26.1. The van der Waals surface area contributed by atoms with Crippen molar-refractivity contribution in [1.29, 1.82) is 5.26 Å². The molecule has 0 bridgehead atoms. The third-order valence-electron chi connectivity index (χ3n) is 5.28. The monoisotopic (exact) mass is 465 g/mol. The maximum absolute atomic E-state index is 12.8. The molecule has 1 fully saturated rings. The molecule has 10 nitrogen and oxygen atoms in total. The first kappa shape index (κ1) is 24.7. The molecule has 2 amide bonds. The molecule has 4 N–H and O–H groups in total. The Morgan fingerprint density at radius 3 is 2.94 bits per heavy atom. The van der Waals surface area contributed by atoms with Gasteiger partial charge in [0.2, 0.25) is 5.91 Å². The Bertz CT molecular complexity index is 1150. The Kier molecular flexibility index (Phi) is 8.56. The van der Waals surface area contributed by atoms with Crippen LogP contribution in [0.2, 0.25) is 0 Å². The molecule has 0 spiro atoms. The highest BCUT2D eigenvalue weighted by atomic mass is 16.5. The van der Waals surface area contributed by atoms with Gasteiger partial charge < -0.3 is 30.3 Å². The van der Waals surface area contributed by atoms with Crippen LogP contribution in [0.4, 0.5) is 5.82 Å². The predicted octanol–water partition coefficient (Wildman–Crippen LogP) is 1.66. The molecular formula is C24H27N5O5. The lowest BCUT2D eigenvalue weighted by Crippen LogP contribution is -2.45. The van der Waals surface area contributed by atoms with Crippen molar-refractivity contribution in [3.63, 3.8) is 0 Å². The van der Waals surface area contributed by atoms with E-state index in [1.165, 1.54) is 11.9 Å². The van der Waals surface area contributed by atoms with E-state index in [4.69, 9.17) is 20.3 Å². The molecule has 34 heavy (non-hydrogen) atoms. The lowest BCUT2D eigenvalue weighted by molar-refractivity contribution is -0.147. The quantitative estimate of drug-likeness (QED) is 0.616. The van der Waals surface area contributed by atoms with Crippen LogP contribution in [0.1, 0.15) is 12.8 Å². The van der Waals surface area contributed by atoms with E-state index in [0.717, 1.165) is 11.0 Å². The largest absolute Gasteiger partial charge is 0.389 e. The number of anilines is 1. The van der Waals surface area contributed by atoms with Crippen LogP contribution in [0, 0.1) is 17.2 Å². The summed E-state index contributed by atoms with van der Waals surface area (Å²) in [5.41, 5.74) is 6.84. The first-order valence-corrected chi connectivity index (χ1v) is 10.8. The first-order chi connectivity index (χ1) is 16.4. The number of nitrogens with two attached hydrogens (primary N) is 1. The van der Waals surface area contributed by atoms with Crippen molar-refractivity contribution in [3.8, 4) is 6.07 Å². The number of aliphatic hydroxyl groups is 1. The number of nitrogens with zero attached hydrogens (tertiary/aromatic N) is 3. The minimum absolute atomic E-state index is 0.202. The lowest BCUT2D eigenvalue weighted by Gasteiger charge is -2.26. The number of allylic oxidation sites excluding steroid dienone is 5. The summed E-state index contributed by atoms with van der Waals surface area (Å²) in [7, 11) is 1.47. The van der Waals surface area contributed by atoms with Crippen LogP contribution >= 0.6 is 0 Å². The Balaban J connectivity index is 0.000000266. The molecule has 3 atom stereocenters. The van der Waals surface area contributed by atoms with E-state index in [9.17, 15) is 14.7 Å². The van der Waals surface area contributed by atoms with Gasteiger partial charge in [0.05, 0.1) is 29.9 Å². The highest BCUT2D eigenvalue weighted by Crippen LogP contribution is 2.21. The average Bonchev–Trinajstić information content (AvgIpc) is 2.99. The standard InChI is InChI=1S/C17H21N3O4.C7H6N2O/c1-19-15(22)10-14(21)16-17(23)20(8-3-9-24-16)13-5-2-4-12(11-18)6-7-13;8-7-5-3-1-2-4-6(5)10-9-7/h2,4-7,12,14,16,21H,3,8-10H2,1H3,(H,19,22);1-4H,(H2,8,9). The molecule has 1 aromatic carbocycles. The number of fused-ring (bicyclic) bond motifs is 1. The Morgan fingerprint density at radius 1 is 1.41 bits per heavy atom. The van der Waals surface area contributed by atoms with Gasteiger partial charge >= 0.3 is 0 Å². The number of rotatable bonds is 4. The van der Waals surface area contributed by atoms with E-state index in [0.29, 0.717) is 31.1 Å². The van der Waals surface area contributed by atoms with Crippen LogP contribution in [-0.2, 0) is 14.3 Å². The molecule has 0 radical (unpaired) electrons. The summed E-state index contributed by atoms with van der Waals surface area (Å²) in [6, 6.07) is 9.62. The van der Waals surface area contributed by atoms with Gasteiger partial charge in [-0.2, -0.15) is 5.26 Å². The van der Waals surface area contributed by atoms with Crippen molar-refractivity contribution in [2.45, 2.75) is 25.0 Å². The van der Waals surface area contributed by atoms with Gasteiger partial charge in [-0.25, -0.2) is 0 Å². The molecule has 178 valence electrons. The number of hydrogen-bond donors (Lipinski definition) is 3. The number of carbonyl (C=O) groups excluding carboxylic acids is 2. The lowest BCUT2D eigenvalue weighted by atomic mass is 10.1. The van der Waals surface area contributed by atoms with Crippen molar-refractivity contribution in [2.75, 3.05) is 25.9 Å². The second kappa shape index (κ2) is 11.8. The third-order valence-corrected chi connectivity index (χ3v) is 5.28. The maximum atomic E-state index is 12.8. The molecule has 2 heterocycles. The molecule has 1 aliphatic heterocycles. The summed E-state index contributed by atoms with van der Waals surface area (Å²) in [5.74, 6) is -0.631. The molecule has 4 rings (SSSR count). The Hall–Kier alpha value is -3.94. The smallest absolute Gasteiger partial charge is 0.258 e. The molecule has 0 saturated carbocycles. The summed E-state index contributed by atoms with van der Waals surface area (Å²) in [6.07, 6.45) is 6.77. The van der Waals surface area contributed by atoms with Crippen LogP contribution in [-0.4, -0.2) is 59.4 Å². The zero-order valence-electron chi connectivity index (χ0n) is 18.8. The number of amides is 2. The SMILES string of the molecule is CNC(=O)CC(O)C1OCCCN(C2=CC=CC(C#N)C=C2)C1=O.Nc1noc2ccccc12. The number of aromatic nitrogens is 1. The van der Waals surface area contributed by atoms with E-state index < -0.39 is 12.2 Å². The molecule has 1 saturated heterocycles. The van der Waals surface area contributed by atoms with E-state index in [2.05, 4.69) is 16.5 Å². The van der Waals surface area contributed by atoms with Gasteiger partial charge in [0.25, 0.3) is 5.91 Å². The zero-order valence-corrected chi connectivity index (χ0v) is 18.8. The number of aliphatic hydroxyl groups excluding tert-OH is 1. The van der Waals surface area contributed by atoms with Crippen molar-refractivity contribution >= 4 is 28.6 Å². The average molecular weight is 466 g/mol. The van der Waals surface area contributed by atoms with Crippen molar-refractivity contribution in [3.05, 3.63) is 60.3 Å². The van der Waals surface area contributed by atoms with E-state index in [1.54, 1.807) is 30.4 Å². The summed E-state index contributed by atoms with van der Waals surface area (Å²) in [6.45, 7) is 0.772. The molecule has 10 heteroatoms. The minimum Gasteiger partial charge on any atom is -0.389 e. The normalized spacial score (nSPS) is 20.9. The molecular weight excluding hydrogens is 438 g/mol. The molecule has 1 aliphatic carbocycles. The molecule has 2 aromatic rings. The van der Waals surface area contributed by atoms with Gasteiger partial charge in [0.15, 0.2) is 17.5 Å². The van der Waals surface area contributed by atoms with Crippen LogP contribution in [0.25, 0.3) is 11.0 Å². The molecule has 1 aromatic heterocycles. The fourth-order valence-electron chi connectivity index (χ4n) is 3.47. The predicted molar refractivity (Wildman–Crippen MR) is 125 cm³/mol. The number of nitriles is 1. The zero-order chi connectivity index (χ0) is 24.5. The number of hydrogen-bond acceptors (Lipinski definition) is 8. The number of nitrogens with one attached hydrogen (secondary N) is 1. The van der Waals surface area contributed by atoms with E-state index in [-0.39, 0.29) is 24.2 Å². The van der Waals surface area contributed by atoms with Crippen LogP contribution in [0.15, 0.2) is 64.9 Å². The van der Waals surface area contributed by atoms with Crippen molar-refractivity contribution in [1.82, 2.24) is 15.4 Å². The fourth-order valence-corrected chi connectivity index (χ4v) is 3.47. The van der Waals surface area contributed by atoms with E-state index >= 15 is 0 Å². The van der Waals surface area contributed by atoms with E-state index in [1.807, 2.05) is 24.3 Å². The van der Waals surface area contributed by atoms with Crippen LogP contribution in [0.5, 0.6) is 0 Å². The topological polar surface area (TPSA) is 155 Å². The number of para-hydroxylation sites is 1. The maximum Gasteiger partial charge on any atom is 0.258 e. The second-order valence-electron chi connectivity index (χ2n) is 7.63. The Morgan fingerprint density at radius 2 is 2.21 bits per heavy atom. The fraction of sp³-hybridized carbons (Fsp3) is 0.333. The van der Waals surface area contributed by atoms with Gasteiger partial charge in [-0.05, 0) is 30.7 Å². The number of ether oxygens (including phenoxy) is 1. The van der Waals surface area contributed by atoms with Gasteiger partial charge in [-0.3, -0.25) is 9.59 Å². The summed E-state index contributed by atoms with van der Waals surface area (Å²) in [4.78, 5) is 25.7. The van der Waals surface area contributed by atoms with Gasteiger partial charge in [0.1, 0.15) is 0 Å². The minimum atomic E-state index is -1.21. The number of carbonyl (C=O) groups is 2. The van der Waals surface area contributed by atoms with Crippen molar-refractivity contribution in [2.24, 2.45) is 5.92 Å². The third kappa shape index (κ3) is 6.10. The highest BCUT2D eigenvalue weighted by Gasteiger charge is 2.35. The second-order valence-corrected chi connectivity index (χ2v) is 7.63. The highest BCUT2D eigenvalue weighted by molar-refractivity contribution is 5.86. The molecule has 2 aliphatic rings. The molecule has 3 unspecified atom stereocenters. The first-order valence-electron chi connectivity index (χ1n) is 10.8. The number of nitrogen functional groups attached to an aromatic ring is 1. The summed E-state index contributed by atoms with van der Waals surface area (Å²) >= 11 is 0.